The molecule has 0 aromatic carbocycles. The van der Waals surface area contributed by atoms with Crippen molar-refractivity contribution in [2.45, 2.75) is 51.7 Å². The number of ether oxygens (including phenoxy) is 2. The van der Waals surface area contributed by atoms with Crippen molar-refractivity contribution < 1.29 is 14.3 Å². The number of hydrogen-bond acceptors (Lipinski definition) is 4. The monoisotopic (exact) mass is 331 g/mol. The van der Waals surface area contributed by atoms with Crippen LogP contribution in [0.1, 0.15) is 40.0 Å². The zero-order valence-electron chi connectivity index (χ0n) is 14.6. The lowest BCUT2D eigenvalue weighted by molar-refractivity contribution is 0.0252. The molecule has 1 aliphatic rings. The molecule has 6 heteroatoms. The van der Waals surface area contributed by atoms with Gasteiger partial charge in [-0.05, 0) is 51.8 Å². The molecule has 3 rings (SSSR count). The van der Waals surface area contributed by atoms with E-state index in [-0.39, 0.29) is 12.2 Å². The Hall–Kier alpha value is -2.24. The van der Waals surface area contributed by atoms with Gasteiger partial charge in [0, 0.05) is 25.7 Å². The minimum absolute atomic E-state index is 0.102. The van der Waals surface area contributed by atoms with Gasteiger partial charge in [-0.2, -0.15) is 5.10 Å². The molecule has 0 saturated carbocycles. The molecule has 130 valence electrons. The summed E-state index contributed by atoms with van der Waals surface area (Å²) in [5, 5.41) is 4.23. The van der Waals surface area contributed by atoms with Gasteiger partial charge >= 0.3 is 6.09 Å². The summed E-state index contributed by atoms with van der Waals surface area (Å²) in [5.74, 6) is 0.807. The molecule has 0 radical (unpaired) electrons. The highest BCUT2D eigenvalue weighted by molar-refractivity contribution is 5.68. The van der Waals surface area contributed by atoms with Crippen LogP contribution >= 0.6 is 0 Å². The molecule has 24 heavy (non-hydrogen) atoms. The quantitative estimate of drug-likeness (QED) is 0.845. The van der Waals surface area contributed by atoms with Crippen LogP contribution in [0.3, 0.4) is 0 Å². The maximum atomic E-state index is 12.2. The Kier molecular flexibility index (Phi) is 4.64. The molecule has 3 heterocycles. The Labute approximate surface area is 142 Å². The number of aromatic nitrogens is 2. The van der Waals surface area contributed by atoms with Gasteiger partial charge in [-0.1, -0.05) is 0 Å². The highest BCUT2D eigenvalue weighted by Gasteiger charge is 2.25. The third-order valence-electron chi connectivity index (χ3n) is 4.00. The van der Waals surface area contributed by atoms with E-state index in [9.17, 15) is 4.79 Å². The number of nitrogens with zero attached hydrogens (tertiary/aromatic N) is 3. The normalized spacial score (nSPS) is 19.1. The number of fused-ring (bicyclic) bond motifs is 1. The molecule has 6 nitrogen and oxygen atoms in total. The molecule has 1 saturated heterocycles. The van der Waals surface area contributed by atoms with Crippen molar-refractivity contribution in [3.05, 3.63) is 30.6 Å². The topological polar surface area (TPSA) is 56.1 Å². The molecule has 1 fully saturated rings. The maximum absolute atomic E-state index is 12.2. The van der Waals surface area contributed by atoms with Gasteiger partial charge in [0.05, 0.1) is 11.7 Å². The fraction of sp³-hybridized carbons (Fsp3) is 0.556. The molecule has 1 atom stereocenters. The predicted molar refractivity (Wildman–Crippen MR) is 91.3 cm³/mol. The summed E-state index contributed by atoms with van der Waals surface area (Å²) in [7, 11) is 0. The fourth-order valence-corrected chi connectivity index (χ4v) is 2.85. The molecule has 1 amide bonds. The minimum Gasteiger partial charge on any atom is -0.489 e. The van der Waals surface area contributed by atoms with Gasteiger partial charge in [0.1, 0.15) is 17.5 Å². The van der Waals surface area contributed by atoms with E-state index >= 15 is 0 Å². The van der Waals surface area contributed by atoms with Crippen LogP contribution in [0.25, 0.3) is 5.52 Å². The summed E-state index contributed by atoms with van der Waals surface area (Å²) in [5.41, 5.74) is 0.581. The van der Waals surface area contributed by atoms with Crippen LogP contribution in [0.15, 0.2) is 30.6 Å². The van der Waals surface area contributed by atoms with Crippen LogP contribution in [0.4, 0.5) is 4.79 Å². The lowest BCUT2D eigenvalue weighted by Gasteiger charge is -2.26. The number of hydrogen-bond donors (Lipinski definition) is 0. The summed E-state index contributed by atoms with van der Waals surface area (Å²) >= 11 is 0. The van der Waals surface area contributed by atoms with E-state index in [1.54, 1.807) is 15.6 Å². The average Bonchev–Trinajstić information content (AvgIpc) is 2.83. The highest BCUT2D eigenvalue weighted by atomic mass is 16.6. The number of pyridine rings is 1. The fourth-order valence-electron chi connectivity index (χ4n) is 2.85. The van der Waals surface area contributed by atoms with Crippen LogP contribution in [0, 0.1) is 0 Å². The second-order valence-electron chi connectivity index (χ2n) is 7.20. The molecule has 0 aliphatic carbocycles. The largest absolute Gasteiger partial charge is 0.489 e. The molecular weight excluding hydrogens is 306 g/mol. The Morgan fingerprint density at radius 1 is 1.21 bits per heavy atom. The van der Waals surface area contributed by atoms with Gasteiger partial charge in [-0.25, -0.2) is 9.31 Å². The summed E-state index contributed by atoms with van der Waals surface area (Å²) in [4.78, 5) is 14.0. The average molecular weight is 331 g/mol. The van der Waals surface area contributed by atoms with Crippen molar-refractivity contribution >= 4 is 11.6 Å². The first kappa shape index (κ1) is 16.6. The van der Waals surface area contributed by atoms with Crippen LogP contribution < -0.4 is 4.74 Å². The zero-order valence-corrected chi connectivity index (χ0v) is 14.6. The van der Waals surface area contributed by atoms with Crippen molar-refractivity contribution in [2.75, 3.05) is 13.1 Å². The second-order valence-corrected chi connectivity index (χ2v) is 7.20. The highest BCUT2D eigenvalue weighted by Crippen LogP contribution is 2.21. The Balaban J connectivity index is 1.58. The van der Waals surface area contributed by atoms with Gasteiger partial charge < -0.3 is 14.4 Å². The first-order valence-corrected chi connectivity index (χ1v) is 8.49. The Morgan fingerprint density at radius 2 is 2.04 bits per heavy atom. The Bertz CT molecular complexity index is 705. The van der Waals surface area contributed by atoms with E-state index in [1.165, 1.54) is 0 Å². The summed E-state index contributed by atoms with van der Waals surface area (Å²) in [6.07, 6.45) is 6.17. The number of rotatable bonds is 2. The molecule has 1 unspecified atom stereocenters. The van der Waals surface area contributed by atoms with E-state index in [1.807, 2.05) is 45.2 Å². The number of amides is 1. The number of carbonyl (C=O) groups excluding carboxylic acids is 1. The van der Waals surface area contributed by atoms with E-state index in [4.69, 9.17) is 9.47 Å². The van der Waals surface area contributed by atoms with Crippen LogP contribution in [0.5, 0.6) is 5.75 Å². The van der Waals surface area contributed by atoms with Crippen LogP contribution in [0.2, 0.25) is 0 Å². The maximum Gasteiger partial charge on any atom is 0.410 e. The van der Waals surface area contributed by atoms with Crippen LogP contribution in [-0.2, 0) is 4.74 Å². The van der Waals surface area contributed by atoms with Crippen molar-refractivity contribution in [3.63, 3.8) is 0 Å². The van der Waals surface area contributed by atoms with Crippen molar-refractivity contribution in [1.29, 1.82) is 0 Å². The molecule has 2 aromatic rings. The van der Waals surface area contributed by atoms with Crippen molar-refractivity contribution in [1.82, 2.24) is 14.5 Å². The predicted octanol–water partition coefficient (Wildman–Crippen LogP) is 3.50. The molecular formula is C18H25N3O3. The number of carbonyl (C=O) groups is 1. The number of likely N-dealkylation sites (tertiary alicyclic amines) is 1. The summed E-state index contributed by atoms with van der Waals surface area (Å²) in [6.45, 7) is 7.04. The molecule has 1 aliphatic heterocycles. The molecule has 2 aromatic heterocycles. The summed E-state index contributed by atoms with van der Waals surface area (Å²) in [6, 6.07) is 5.91. The van der Waals surface area contributed by atoms with Gasteiger partial charge in [0.15, 0.2) is 0 Å². The molecule has 0 N–H and O–H groups in total. The first-order valence-electron chi connectivity index (χ1n) is 8.49. The van der Waals surface area contributed by atoms with Gasteiger partial charge in [0.25, 0.3) is 0 Å². The third kappa shape index (κ3) is 4.19. The molecule has 0 bridgehead atoms. The molecule has 0 spiro atoms. The summed E-state index contributed by atoms with van der Waals surface area (Å²) < 4.78 is 13.4. The lowest BCUT2D eigenvalue weighted by atomic mass is 10.1. The SMILES string of the molecule is CC(C)(C)OC(=O)N1CCCC(Oc2ccc3ccnn3c2)CC1. The van der Waals surface area contributed by atoms with E-state index in [2.05, 4.69) is 5.10 Å². The van der Waals surface area contributed by atoms with Crippen LogP contribution in [-0.4, -0.2) is 45.4 Å². The zero-order chi connectivity index (χ0) is 17.2. The van der Waals surface area contributed by atoms with E-state index in [0.29, 0.717) is 13.1 Å². The van der Waals surface area contributed by atoms with Gasteiger partial charge in [0.2, 0.25) is 0 Å². The van der Waals surface area contributed by atoms with E-state index in [0.717, 1.165) is 30.5 Å². The van der Waals surface area contributed by atoms with E-state index < -0.39 is 5.60 Å². The first-order chi connectivity index (χ1) is 11.4. The van der Waals surface area contributed by atoms with Gasteiger partial charge in [-0.15, -0.1) is 0 Å². The third-order valence-corrected chi connectivity index (χ3v) is 4.00. The van der Waals surface area contributed by atoms with Gasteiger partial charge in [-0.3, -0.25) is 0 Å². The smallest absolute Gasteiger partial charge is 0.410 e. The van der Waals surface area contributed by atoms with Crippen molar-refractivity contribution in [3.8, 4) is 5.75 Å². The second kappa shape index (κ2) is 6.71. The standard InChI is InChI=1S/C18H25N3O3/c1-18(2,3)24-17(22)20-11-4-5-15(9-12-20)23-16-7-6-14-8-10-19-21(14)13-16/h6-8,10,13,15H,4-5,9,11-12H2,1-3H3. The minimum atomic E-state index is -0.460. The Morgan fingerprint density at radius 3 is 2.83 bits per heavy atom. The van der Waals surface area contributed by atoms with Crippen molar-refractivity contribution in [2.24, 2.45) is 0 Å². The lowest BCUT2D eigenvalue weighted by Crippen LogP contribution is -2.37.